The van der Waals surface area contributed by atoms with Crippen LogP contribution in [0.4, 0.5) is 0 Å². The van der Waals surface area contributed by atoms with E-state index in [1.165, 1.54) is 134 Å². The van der Waals surface area contributed by atoms with E-state index >= 15 is 0 Å². The first-order chi connectivity index (χ1) is 23.8. The van der Waals surface area contributed by atoms with Crippen LogP contribution in [0.5, 0.6) is 0 Å². The van der Waals surface area contributed by atoms with Gasteiger partial charge in [-0.25, -0.2) is 9.36 Å². The van der Waals surface area contributed by atoms with E-state index in [2.05, 4.69) is 13.8 Å². The summed E-state index contributed by atoms with van der Waals surface area (Å²) in [4.78, 5) is 34.6. The predicted molar refractivity (Wildman–Crippen MR) is 201 cm³/mol. The molecule has 0 spiro atoms. The SMILES string of the molecule is CCCCCCCCCCCCC/C=C/C=C/C(=O)O[C@H](COC(=O)CCCCCCCCCCCCCCC)COP(=O)(O)OCCN. The van der Waals surface area contributed by atoms with Gasteiger partial charge in [-0.1, -0.05) is 173 Å². The van der Waals surface area contributed by atoms with E-state index < -0.39 is 32.5 Å². The molecule has 0 amide bonds. The van der Waals surface area contributed by atoms with Crippen molar-refractivity contribution in [3.8, 4) is 0 Å². The highest BCUT2D eigenvalue weighted by molar-refractivity contribution is 7.47. The average molecular weight is 716 g/mol. The average Bonchev–Trinajstić information content (AvgIpc) is 3.08. The number of carbonyl (C=O) groups is 2. The summed E-state index contributed by atoms with van der Waals surface area (Å²) in [6, 6.07) is 0. The fraction of sp³-hybridized carbons (Fsp3) is 0.846. The molecule has 288 valence electrons. The maximum Gasteiger partial charge on any atom is 0.472 e. The van der Waals surface area contributed by atoms with Gasteiger partial charge in [-0.15, -0.1) is 0 Å². The molecule has 10 heteroatoms. The van der Waals surface area contributed by atoms with Crippen molar-refractivity contribution in [2.75, 3.05) is 26.4 Å². The van der Waals surface area contributed by atoms with Crippen LogP contribution in [0.25, 0.3) is 0 Å². The zero-order valence-electron chi connectivity index (χ0n) is 31.4. The van der Waals surface area contributed by atoms with Gasteiger partial charge in [0.1, 0.15) is 6.61 Å². The molecule has 0 bridgehead atoms. The number of allylic oxidation sites excluding steroid dienone is 3. The van der Waals surface area contributed by atoms with Crippen molar-refractivity contribution in [2.45, 2.75) is 187 Å². The van der Waals surface area contributed by atoms with Gasteiger partial charge in [0.15, 0.2) is 6.10 Å². The fourth-order valence-electron chi connectivity index (χ4n) is 5.48. The van der Waals surface area contributed by atoms with Crippen molar-refractivity contribution in [1.82, 2.24) is 0 Å². The summed E-state index contributed by atoms with van der Waals surface area (Å²) >= 11 is 0. The van der Waals surface area contributed by atoms with Crippen LogP contribution in [0.2, 0.25) is 0 Å². The number of ether oxygens (including phenoxy) is 2. The van der Waals surface area contributed by atoms with Gasteiger partial charge in [0.25, 0.3) is 0 Å². The smallest absolute Gasteiger partial charge is 0.462 e. The van der Waals surface area contributed by atoms with E-state index in [1.807, 2.05) is 6.08 Å². The Labute approximate surface area is 300 Å². The van der Waals surface area contributed by atoms with Gasteiger partial charge >= 0.3 is 19.8 Å². The van der Waals surface area contributed by atoms with E-state index in [0.717, 1.165) is 32.1 Å². The lowest BCUT2D eigenvalue weighted by Gasteiger charge is -2.19. The molecule has 0 fully saturated rings. The topological polar surface area (TPSA) is 134 Å². The van der Waals surface area contributed by atoms with Gasteiger partial charge in [0.2, 0.25) is 0 Å². The van der Waals surface area contributed by atoms with Gasteiger partial charge in [0.05, 0.1) is 13.2 Å². The highest BCUT2D eigenvalue weighted by Crippen LogP contribution is 2.43. The monoisotopic (exact) mass is 716 g/mol. The minimum Gasteiger partial charge on any atom is -0.462 e. The van der Waals surface area contributed by atoms with Gasteiger partial charge in [-0.3, -0.25) is 13.8 Å². The number of phosphoric ester groups is 1. The zero-order valence-corrected chi connectivity index (χ0v) is 32.3. The van der Waals surface area contributed by atoms with Crippen molar-refractivity contribution in [3.63, 3.8) is 0 Å². The third kappa shape index (κ3) is 36.1. The third-order valence-electron chi connectivity index (χ3n) is 8.45. The van der Waals surface area contributed by atoms with Crippen LogP contribution in [-0.4, -0.2) is 49.3 Å². The number of carbonyl (C=O) groups excluding carboxylic acids is 2. The normalized spacial score (nSPS) is 13.6. The summed E-state index contributed by atoms with van der Waals surface area (Å²) in [6.45, 7) is 3.61. The van der Waals surface area contributed by atoms with Crippen molar-refractivity contribution < 1.29 is 37.6 Å². The first-order valence-electron chi connectivity index (χ1n) is 19.9. The molecular weight excluding hydrogens is 641 g/mol. The largest absolute Gasteiger partial charge is 0.472 e. The highest BCUT2D eigenvalue weighted by Gasteiger charge is 2.25. The van der Waals surface area contributed by atoms with Crippen LogP contribution < -0.4 is 5.73 Å². The molecule has 0 aromatic rings. The quantitative estimate of drug-likeness (QED) is 0.0212. The number of hydrogen-bond donors (Lipinski definition) is 2. The Morgan fingerprint density at radius 2 is 1.12 bits per heavy atom. The second-order valence-corrected chi connectivity index (χ2v) is 14.7. The maximum atomic E-state index is 12.4. The minimum atomic E-state index is -4.39. The summed E-state index contributed by atoms with van der Waals surface area (Å²) < 4.78 is 32.5. The van der Waals surface area contributed by atoms with Crippen molar-refractivity contribution in [1.29, 1.82) is 0 Å². The Hall–Kier alpha value is -1.51. The van der Waals surface area contributed by atoms with Gasteiger partial charge in [-0.05, 0) is 19.3 Å². The summed E-state index contributed by atoms with van der Waals surface area (Å²) in [6.07, 6.45) is 37.0. The van der Waals surface area contributed by atoms with Crippen LogP contribution in [0, 0.1) is 0 Å². The molecule has 9 nitrogen and oxygen atoms in total. The molecular formula is C39H74NO8P. The molecule has 2 atom stereocenters. The lowest BCUT2D eigenvalue weighted by atomic mass is 10.0. The Balaban J connectivity index is 4.30. The maximum absolute atomic E-state index is 12.4. The third-order valence-corrected chi connectivity index (χ3v) is 9.43. The molecule has 0 heterocycles. The van der Waals surface area contributed by atoms with Gasteiger partial charge in [0, 0.05) is 19.0 Å². The number of rotatable bonds is 37. The van der Waals surface area contributed by atoms with E-state index in [1.54, 1.807) is 12.2 Å². The Morgan fingerprint density at radius 1 is 0.653 bits per heavy atom. The first kappa shape index (κ1) is 47.5. The number of unbranched alkanes of at least 4 members (excludes halogenated alkanes) is 23. The van der Waals surface area contributed by atoms with Crippen LogP contribution in [0.1, 0.15) is 181 Å². The Morgan fingerprint density at radius 3 is 1.61 bits per heavy atom. The number of hydrogen-bond acceptors (Lipinski definition) is 8. The van der Waals surface area contributed by atoms with Crippen LogP contribution in [0.3, 0.4) is 0 Å². The summed E-state index contributed by atoms with van der Waals surface area (Å²) in [5.41, 5.74) is 5.32. The number of esters is 2. The summed E-state index contributed by atoms with van der Waals surface area (Å²) in [5, 5.41) is 0. The van der Waals surface area contributed by atoms with Gasteiger partial charge in [-0.2, -0.15) is 0 Å². The molecule has 0 aliphatic heterocycles. The minimum absolute atomic E-state index is 0.0424. The van der Waals surface area contributed by atoms with Crippen molar-refractivity contribution >= 4 is 19.8 Å². The van der Waals surface area contributed by atoms with Crippen LogP contribution in [0.15, 0.2) is 24.3 Å². The van der Waals surface area contributed by atoms with Crippen molar-refractivity contribution in [2.24, 2.45) is 5.73 Å². The lowest BCUT2D eigenvalue weighted by molar-refractivity contribution is -0.157. The molecule has 49 heavy (non-hydrogen) atoms. The second kappa shape index (κ2) is 36.3. The number of phosphoric acid groups is 1. The molecule has 0 saturated carbocycles. The lowest BCUT2D eigenvalue weighted by Crippen LogP contribution is -2.29. The summed E-state index contributed by atoms with van der Waals surface area (Å²) in [5.74, 6) is -1.08. The van der Waals surface area contributed by atoms with Crippen LogP contribution >= 0.6 is 7.82 Å². The fourth-order valence-corrected chi connectivity index (χ4v) is 6.25. The zero-order chi connectivity index (χ0) is 36.1. The molecule has 0 radical (unpaired) electrons. The first-order valence-corrected chi connectivity index (χ1v) is 21.4. The standard InChI is InChI=1S/C39H74NO8P/c1-3-5-7-9-11-13-15-17-18-20-22-24-26-28-30-32-39(42)48-37(36-47-49(43,44)46-34-33-40)35-45-38(41)31-29-27-25-23-21-19-16-14-12-10-8-6-4-2/h26,28,30,32,37H,3-25,27,29,31,33-36,40H2,1-2H3,(H,43,44)/b28-26+,32-30+/t37-/m1/s1. The predicted octanol–water partition coefficient (Wildman–Crippen LogP) is 10.8. The Bertz CT molecular complexity index is 866. The van der Waals surface area contributed by atoms with Crippen molar-refractivity contribution in [3.05, 3.63) is 24.3 Å². The van der Waals surface area contributed by atoms with E-state index in [4.69, 9.17) is 24.3 Å². The van der Waals surface area contributed by atoms with Crippen LogP contribution in [-0.2, 0) is 32.7 Å². The number of nitrogens with two attached hydrogens (primary N) is 1. The van der Waals surface area contributed by atoms with E-state index in [9.17, 15) is 19.0 Å². The highest BCUT2D eigenvalue weighted by atomic mass is 31.2. The molecule has 0 aliphatic carbocycles. The van der Waals surface area contributed by atoms with E-state index in [0.29, 0.717) is 0 Å². The molecule has 0 aromatic carbocycles. The molecule has 1 unspecified atom stereocenters. The Kier molecular flexibility index (Phi) is 35.2. The molecule has 0 aromatic heterocycles. The van der Waals surface area contributed by atoms with E-state index in [-0.39, 0.29) is 26.2 Å². The second-order valence-electron chi connectivity index (χ2n) is 13.2. The molecule has 3 N–H and O–H groups in total. The van der Waals surface area contributed by atoms with Gasteiger partial charge < -0.3 is 20.1 Å². The molecule has 0 aliphatic rings. The summed E-state index contributed by atoms with van der Waals surface area (Å²) in [7, 11) is -4.39. The molecule has 0 rings (SSSR count). The molecule has 0 saturated heterocycles.